The second-order valence-corrected chi connectivity index (χ2v) is 8.78. The number of aromatic amines is 1. The van der Waals surface area contributed by atoms with E-state index in [9.17, 15) is 8.42 Å². The first-order chi connectivity index (χ1) is 12.4. The molecular formula is C16H19N5O3S2. The van der Waals surface area contributed by atoms with Crippen molar-refractivity contribution in [3.63, 3.8) is 0 Å². The molecule has 1 aromatic carbocycles. The number of nitrogens with one attached hydrogen (secondary N) is 2. The summed E-state index contributed by atoms with van der Waals surface area (Å²) in [7, 11) is -3.70. The lowest BCUT2D eigenvalue weighted by atomic mass is 10.3. The number of ether oxygens (including phenoxy) is 1. The zero-order valence-corrected chi connectivity index (χ0v) is 16.1. The summed E-state index contributed by atoms with van der Waals surface area (Å²) in [6.07, 6.45) is 0. The van der Waals surface area contributed by atoms with E-state index in [1.54, 1.807) is 31.3 Å². The number of nitrogens with zero attached hydrogens (tertiary/aromatic N) is 3. The minimum atomic E-state index is -3.70. The SMILES string of the molecule is Cc1n[nH]c(C)c1S(=O)(=O)Nc1ccc2nc(N3CCOCC3)sc2c1. The minimum absolute atomic E-state index is 0.191. The van der Waals surface area contributed by atoms with Crippen molar-refractivity contribution in [3.05, 3.63) is 29.6 Å². The van der Waals surface area contributed by atoms with Crippen molar-refractivity contribution >= 4 is 42.4 Å². The maximum atomic E-state index is 12.7. The van der Waals surface area contributed by atoms with Crippen LogP contribution >= 0.6 is 11.3 Å². The number of sulfonamides is 1. The van der Waals surface area contributed by atoms with E-state index < -0.39 is 10.0 Å². The largest absolute Gasteiger partial charge is 0.378 e. The molecular weight excluding hydrogens is 374 g/mol. The van der Waals surface area contributed by atoms with Crippen molar-refractivity contribution in [2.75, 3.05) is 35.9 Å². The van der Waals surface area contributed by atoms with E-state index in [4.69, 9.17) is 4.74 Å². The fourth-order valence-corrected chi connectivity index (χ4v) is 5.49. The van der Waals surface area contributed by atoms with Crippen LogP contribution in [-0.4, -0.2) is 49.9 Å². The smallest absolute Gasteiger partial charge is 0.265 e. The third-order valence-corrected chi connectivity index (χ3v) is 6.96. The Labute approximate surface area is 155 Å². The van der Waals surface area contributed by atoms with E-state index in [1.165, 1.54) is 0 Å². The molecule has 0 aliphatic carbocycles. The second kappa shape index (κ2) is 6.53. The molecule has 0 saturated carbocycles. The third-order valence-electron chi connectivity index (χ3n) is 4.24. The highest BCUT2D eigenvalue weighted by Gasteiger charge is 2.23. The van der Waals surface area contributed by atoms with Crippen LogP contribution in [0.15, 0.2) is 23.1 Å². The number of aromatic nitrogens is 3. The van der Waals surface area contributed by atoms with Gasteiger partial charge < -0.3 is 9.64 Å². The predicted molar refractivity (Wildman–Crippen MR) is 102 cm³/mol. The van der Waals surface area contributed by atoms with E-state index in [0.717, 1.165) is 28.4 Å². The molecule has 0 unspecified atom stereocenters. The molecule has 10 heteroatoms. The number of thiazole rings is 1. The Hall–Kier alpha value is -2.17. The Kier molecular flexibility index (Phi) is 4.33. The molecule has 1 fully saturated rings. The number of hydrogen-bond acceptors (Lipinski definition) is 7. The first kappa shape index (κ1) is 17.3. The summed E-state index contributed by atoms with van der Waals surface area (Å²) in [5, 5.41) is 7.60. The van der Waals surface area contributed by atoms with Crippen molar-refractivity contribution in [1.29, 1.82) is 0 Å². The Balaban J connectivity index is 1.63. The average molecular weight is 393 g/mol. The Morgan fingerprint density at radius 3 is 2.73 bits per heavy atom. The molecule has 1 aliphatic rings. The van der Waals surface area contributed by atoms with Crippen LogP contribution in [0.1, 0.15) is 11.4 Å². The zero-order valence-electron chi connectivity index (χ0n) is 14.4. The maximum Gasteiger partial charge on any atom is 0.265 e. The molecule has 0 radical (unpaired) electrons. The predicted octanol–water partition coefficient (Wildman–Crippen LogP) is 2.27. The van der Waals surface area contributed by atoms with Gasteiger partial charge in [0.05, 0.1) is 40.5 Å². The van der Waals surface area contributed by atoms with E-state index in [-0.39, 0.29) is 4.90 Å². The summed E-state index contributed by atoms with van der Waals surface area (Å²) in [4.78, 5) is 7.03. The van der Waals surface area contributed by atoms with Gasteiger partial charge in [-0.1, -0.05) is 11.3 Å². The minimum Gasteiger partial charge on any atom is -0.378 e. The molecule has 0 bridgehead atoms. The number of aryl methyl sites for hydroxylation is 2. The quantitative estimate of drug-likeness (QED) is 0.705. The highest BCUT2D eigenvalue weighted by molar-refractivity contribution is 7.92. The summed E-state index contributed by atoms with van der Waals surface area (Å²) >= 11 is 1.55. The van der Waals surface area contributed by atoms with Crippen LogP contribution in [0, 0.1) is 13.8 Å². The Morgan fingerprint density at radius 2 is 2.04 bits per heavy atom. The lowest BCUT2D eigenvalue weighted by Crippen LogP contribution is -2.36. The van der Waals surface area contributed by atoms with E-state index in [0.29, 0.717) is 30.3 Å². The van der Waals surface area contributed by atoms with Gasteiger partial charge in [-0.2, -0.15) is 5.10 Å². The summed E-state index contributed by atoms with van der Waals surface area (Å²) < 4.78 is 34.3. The molecule has 1 saturated heterocycles. The zero-order chi connectivity index (χ0) is 18.3. The molecule has 2 aromatic heterocycles. The number of rotatable bonds is 4. The molecule has 0 amide bonds. The first-order valence-corrected chi connectivity index (χ1v) is 10.5. The van der Waals surface area contributed by atoms with Crippen LogP contribution in [-0.2, 0) is 14.8 Å². The molecule has 3 heterocycles. The highest BCUT2D eigenvalue weighted by atomic mass is 32.2. The van der Waals surface area contributed by atoms with Gasteiger partial charge in [0.2, 0.25) is 0 Å². The monoisotopic (exact) mass is 393 g/mol. The number of H-pyrrole nitrogens is 1. The second-order valence-electron chi connectivity index (χ2n) is 6.15. The van der Waals surface area contributed by atoms with Gasteiger partial charge in [-0.25, -0.2) is 13.4 Å². The van der Waals surface area contributed by atoms with E-state index in [1.807, 2.05) is 12.1 Å². The van der Waals surface area contributed by atoms with Crippen LogP contribution in [0.2, 0.25) is 0 Å². The highest BCUT2D eigenvalue weighted by Crippen LogP contribution is 2.32. The van der Waals surface area contributed by atoms with Crippen molar-refractivity contribution in [2.45, 2.75) is 18.7 Å². The number of fused-ring (bicyclic) bond motifs is 1. The van der Waals surface area contributed by atoms with E-state index in [2.05, 4.69) is 24.8 Å². The molecule has 2 N–H and O–H groups in total. The van der Waals surface area contributed by atoms with Crippen molar-refractivity contribution in [3.8, 4) is 0 Å². The standard InChI is InChI=1S/C16H19N5O3S2/c1-10-15(11(2)19-18-10)26(22,23)20-12-3-4-13-14(9-12)25-16(17-13)21-5-7-24-8-6-21/h3-4,9,20H,5-8H2,1-2H3,(H,18,19). The number of anilines is 2. The molecule has 26 heavy (non-hydrogen) atoms. The number of morpholine rings is 1. The van der Waals surface area contributed by atoms with Crippen LogP contribution in [0.4, 0.5) is 10.8 Å². The van der Waals surface area contributed by atoms with Crippen LogP contribution in [0.5, 0.6) is 0 Å². The average Bonchev–Trinajstić information content (AvgIpc) is 3.18. The fourth-order valence-electron chi connectivity index (χ4n) is 3.01. The van der Waals surface area contributed by atoms with Gasteiger partial charge in [0.15, 0.2) is 5.13 Å². The van der Waals surface area contributed by atoms with Crippen LogP contribution < -0.4 is 9.62 Å². The Bertz CT molecular complexity index is 1030. The summed E-state index contributed by atoms with van der Waals surface area (Å²) in [5.74, 6) is 0. The van der Waals surface area contributed by atoms with Gasteiger partial charge in [-0.05, 0) is 32.0 Å². The topological polar surface area (TPSA) is 100 Å². The van der Waals surface area contributed by atoms with Gasteiger partial charge in [0.25, 0.3) is 10.0 Å². The van der Waals surface area contributed by atoms with Gasteiger partial charge in [-0.15, -0.1) is 0 Å². The summed E-state index contributed by atoms with van der Waals surface area (Å²) in [6, 6.07) is 5.38. The Morgan fingerprint density at radius 1 is 1.27 bits per heavy atom. The molecule has 1 aliphatic heterocycles. The number of hydrogen-bond donors (Lipinski definition) is 2. The van der Waals surface area contributed by atoms with Gasteiger partial charge >= 0.3 is 0 Å². The summed E-state index contributed by atoms with van der Waals surface area (Å²) in [5.41, 5.74) is 2.33. The van der Waals surface area contributed by atoms with Gasteiger partial charge in [0.1, 0.15) is 4.90 Å². The van der Waals surface area contributed by atoms with E-state index >= 15 is 0 Å². The third kappa shape index (κ3) is 3.15. The molecule has 0 atom stereocenters. The molecule has 4 rings (SSSR count). The maximum absolute atomic E-state index is 12.7. The molecule has 8 nitrogen and oxygen atoms in total. The van der Waals surface area contributed by atoms with Crippen molar-refractivity contribution in [2.24, 2.45) is 0 Å². The molecule has 0 spiro atoms. The van der Waals surface area contributed by atoms with Crippen molar-refractivity contribution in [1.82, 2.24) is 15.2 Å². The van der Waals surface area contributed by atoms with Crippen LogP contribution in [0.3, 0.4) is 0 Å². The lowest BCUT2D eigenvalue weighted by molar-refractivity contribution is 0.122. The van der Waals surface area contributed by atoms with Gasteiger partial charge in [0, 0.05) is 13.1 Å². The molecule has 3 aromatic rings. The molecule has 138 valence electrons. The lowest BCUT2D eigenvalue weighted by Gasteiger charge is -2.25. The summed E-state index contributed by atoms with van der Waals surface area (Å²) in [6.45, 7) is 6.39. The van der Waals surface area contributed by atoms with Crippen molar-refractivity contribution < 1.29 is 13.2 Å². The number of benzene rings is 1. The normalized spacial score (nSPS) is 15.5. The van der Waals surface area contributed by atoms with Gasteiger partial charge in [-0.3, -0.25) is 9.82 Å². The van der Waals surface area contributed by atoms with Crippen LogP contribution in [0.25, 0.3) is 10.2 Å². The first-order valence-electron chi connectivity index (χ1n) is 8.22. The fraction of sp³-hybridized carbons (Fsp3) is 0.375.